The zero-order valence-electron chi connectivity index (χ0n) is 20.2. The molecule has 0 spiro atoms. The van der Waals surface area contributed by atoms with Crippen LogP contribution in [0.5, 0.6) is 5.75 Å². The quantitative estimate of drug-likeness (QED) is 0.417. The summed E-state index contributed by atoms with van der Waals surface area (Å²) in [7, 11) is 3.13. The van der Waals surface area contributed by atoms with E-state index < -0.39 is 5.82 Å². The Bertz CT molecular complexity index is 1170. The molecule has 1 fully saturated rings. The number of aryl methyl sites for hydroxylation is 1. The van der Waals surface area contributed by atoms with Crippen molar-refractivity contribution in [2.24, 2.45) is 0 Å². The second-order valence-electron chi connectivity index (χ2n) is 8.25. The number of thioether (sulfide) groups is 1. The molecule has 35 heavy (non-hydrogen) atoms. The summed E-state index contributed by atoms with van der Waals surface area (Å²) in [6.45, 7) is 5.16. The van der Waals surface area contributed by atoms with Crippen molar-refractivity contribution >= 4 is 23.6 Å². The fourth-order valence-electron chi connectivity index (χ4n) is 3.87. The number of nitrogens with zero attached hydrogens (tertiary/aromatic N) is 5. The first-order chi connectivity index (χ1) is 17.0. The topological polar surface area (TPSA) is 72.7 Å². The third-order valence-electron chi connectivity index (χ3n) is 5.87. The maximum Gasteiger partial charge on any atom is 0.233 e. The van der Waals surface area contributed by atoms with E-state index in [9.17, 15) is 9.18 Å². The highest BCUT2D eigenvalue weighted by molar-refractivity contribution is 7.99. The molecule has 1 aromatic heterocycles. The molecule has 10 heteroatoms. The molecule has 1 aliphatic heterocycles. The lowest BCUT2D eigenvalue weighted by atomic mass is 10.1. The number of amides is 1. The summed E-state index contributed by atoms with van der Waals surface area (Å²) in [5, 5.41) is 9.55. The number of hydrogen-bond acceptors (Lipinski definition) is 7. The van der Waals surface area contributed by atoms with Crippen molar-refractivity contribution < 1.29 is 18.7 Å². The van der Waals surface area contributed by atoms with Crippen molar-refractivity contribution in [3.63, 3.8) is 0 Å². The van der Waals surface area contributed by atoms with Crippen molar-refractivity contribution in [1.82, 2.24) is 19.7 Å². The lowest BCUT2D eigenvalue weighted by molar-refractivity contribution is -0.127. The summed E-state index contributed by atoms with van der Waals surface area (Å²) in [6, 6.07) is 13.0. The monoisotopic (exact) mass is 499 g/mol. The van der Waals surface area contributed by atoms with Gasteiger partial charge in [-0.3, -0.25) is 9.36 Å². The Hall–Kier alpha value is -3.11. The molecule has 0 unspecified atom stereocenters. The number of anilines is 1. The van der Waals surface area contributed by atoms with Gasteiger partial charge in [-0.2, -0.15) is 0 Å². The summed E-state index contributed by atoms with van der Waals surface area (Å²) in [6.07, 6.45) is 0.917. The Morgan fingerprint density at radius 2 is 1.97 bits per heavy atom. The Labute approximate surface area is 209 Å². The van der Waals surface area contributed by atoms with Gasteiger partial charge in [0.05, 0.1) is 31.8 Å². The normalized spacial score (nSPS) is 13.7. The smallest absolute Gasteiger partial charge is 0.233 e. The van der Waals surface area contributed by atoms with Crippen LogP contribution in [-0.4, -0.2) is 71.8 Å². The third kappa shape index (κ3) is 5.94. The molecule has 0 radical (unpaired) electrons. The molecule has 8 nitrogen and oxygen atoms in total. The Morgan fingerprint density at radius 3 is 2.69 bits per heavy atom. The molecule has 0 N–H and O–H groups in total. The summed E-state index contributed by atoms with van der Waals surface area (Å²) >= 11 is 1.34. The van der Waals surface area contributed by atoms with Gasteiger partial charge in [-0.25, -0.2) is 4.39 Å². The van der Waals surface area contributed by atoms with Gasteiger partial charge in [-0.05, 0) is 41.8 Å². The van der Waals surface area contributed by atoms with Crippen LogP contribution in [0, 0.1) is 5.82 Å². The number of benzene rings is 2. The highest BCUT2D eigenvalue weighted by Crippen LogP contribution is 2.28. The molecule has 3 aromatic rings. The molecule has 4 rings (SSSR count). The van der Waals surface area contributed by atoms with Crippen LogP contribution in [-0.2, 0) is 22.5 Å². The van der Waals surface area contributed by atoms with Gasteiger partial charge in [0.2, 0.25) is 11.9 Å². The number of ether oxygens (including phenoxy) is 2. The van der Waals surface area contributed by atoms with Gasteiger partial charge in [-0.15, -0.1) is 10.2 Å². The Morgan fingerprint density at radius 1 is 1.17 bits per heavy atom. The average Bonchev–Trinajstić information content (AvgIpc) is 3.32. The van der Waals surface area contributed by atoms with Crippen LogP contribution in [0.2, 0.25) is 0 Å². The lowest BCUT2D eigenvalue weighted by Crippen LogP contribution is -2.37. The molecule has 0 bridgehead atoms. The van der Waals surface area contributed by atoms with Gasteiger partial charge in [0.15, 0.2) is 16.7 Å². The molecule has 1 amide bonds. The van der Waals surface area contributed by atoms with E-state index in [2.05, 4.69) is 34.2 Å². The van der Waals surface area contributed by atoms with Crippen molar-refractivity contribution in [3.05, 3.63) is 59.4 Å². The number of carbonyl (C=O) groups is 1. The predicted octanol–water partition coefficient (Wildman–Crippen LogP) is 3.56. The van der Waals surface area contributed by atoms with Crippen LogP contribution in [0.1, 0.15) is 18.1 Å². The number of hydrogen-bond donors (Lipinski definition) is 0. The van der Waals surface area contributed by atoms with Crippen molar-refractivity contribution in [1.29, 1.82) is 0 Å². The maximum atomic E-state index is 14.0. The summed E-state index contributed by atoms with van der Waals surface area (Å²) in [4.78, 5) is 16.6. The summed E-state index contributed by atoms with van der Waals surface area (Å²) in [5.41, 5.74) is 2.87. The SMILES string of the molecule is CCc1cccc(-n2c(SCC(=O)N(C)Cc3ccc(OC)c(F)c3)nnc2N2CCOCC2)c1. The minimum absolute atomic E-state index is 0.0870. The van der Waals surface area contributed by atoms with Gasteiger partial charge < -0.3 is 19.3 Å². The zero-order valence-corrected chi connectivity index (χ0v) is 21.1. The molecular formula is C25H30FN5O3S. The van der Waals surface area contributed by atoms with Crippen LogP contribution in [0.15, 0.2) is 47.6 Å². The number of morpholine rings is 1. The van der Waals surface area contributed by atoms with Crippen molar-refractivity contribution in [2.45, 2.75) is 25.0 Å². The van der Waals surface area contributed by atoms with Gasteiger partial charge in [0, 0.05) is 26.7 Å². The molecule has 0 saturated carbocycles. The first-order valence-electron chi connectivity index (χ1n) is 11.6. The second-order valence-corrected chi connectivity index (χ2v) is 9.19. The largest absolute Gasteiger partial charge is 0.494 e. The first kappa shape index (κ1) is 25.0. The Kier molecular flexibility index (Phi) is 8.25. The molecule has 0 aliphatic carbocycles. The van der Waals surface area contributed by atoms with Gasteiger partial charge >= 0.3 is 0 Å². The lowest BCUT2D eigenvalue weighted by Gasteiger charge is -2.28. The predicted molar refractivity (Wildman–Crippen MR) is 134 cm³/mol. The molecule has 186 valence electrons. The van der Waals surface area contributed by atoms with Gasteiger partial charge in [0.1, 0.15) is 0 Å². The number of rotatable bonds is 9. The molecular weight excluding hydrogens is 469 g/mol. The van der Waals surface area contributed by atoms with Crippen LogP contribution >= 0.6 is 11.8 Å². The fourth-order valence-corrected chi connectivity index (χ4v) is 4.76. The van der Waals surface area contributed by atoms with E-state index in [4.69, 9.17) is 9.47 Å². The van der Waals surface area contributed by atoms with E-state index in [1.54, 1.807) is 24.1 Å². The average molecular weight is 500 g/mol. The minimum atomic E-state index is -0.446. The zero-order chi connectivity index (χ0) is 24.8. The van der Waals surface area contributed by atoms with Crippen LogP contribution in [0.3, 0.4) is 0 Å². The molecule has 0 atom stereocenters. The molecule has 1 saturated heterocycles. The van der Waals surface area contributed by atoms with Crippen molar-refractivity contribution in [3.8, 4) is 11.4 Å². The maximum absolute atomic E-state index is 14.0. The standard InChI is InChI=1S/C25H30FN5O3S/c1-4-18-6-5-7-20(14-18)31-24(30-10-12-34-13-11-30)27-28-25(31)35-17-23(32)29(2)16-19-8-9-22(33-3)21(26)15-19/h5-9,14-15H,4,10-13,16-17H2,1-3H3. The van der Waals surface area contributed by atoms with Crippen LogP contribution < -0.4 is 9.64 Å². The number of carbonyl (C=O) groups excluding carboxylic acids is 1. The van der Waals surface area contributed by atoms with E-state index in [1.807, 2.05) is 16.7 Å². The highest BCUT2D eigenvalue weighted by Gasteiger charge is 2.23. The minimum Gasteiger partial charge on any atom is -0.494 e. The highest BCUT2D eigenvalue weighted by atomic mass is 32.2. The van der Waals surface area contributed by atoms with E-state index in [1.165, 1.54) is 30.5 Å². The van der Waals surface area contributed by atoms with E-state index in [-0.39, 0.29) is 17.4 Å². The second kappa shape index (κ2) is 11.5. The first-order valence-corrected chi connectivity index (χ1v) is 12.5. The Balaban J connectivity index is 1.50. The van der Waals surface area contributed by atoms with Crippen molar-refractivity contribution in [2.75, 3.05) is 51.1 Å². The van der Waals surface area contributed by atoms with Crippen LogP contribution in [0.4, 0.5) is 10.3 Å². The molecule has 2 aromatic carbocycles. The summed E-state index contributed by atoms with van der Waals surface area (Å²) in [5.74, 6) is 0.581. The third-order valence-corrected chi connectivity index (χ3v) is 6.79. The molecule has 1 aliphatic rings. The van der Waals surface area contributed by atoms with Crippen LogP contribution in [0.25, 0.3) is 5.69 Å². The number of aromatic nitrogens is 3. The number of methoxy groups -OCH3 is 1. The van der Waals surface area contributed by atoms with Gasteiger partial charge in [0.25, 0.3) is 0 Å². The van der Waals surface area contributed by atoms with Gasteiger partial charge in [-0.1, -0.05) is 36.9 Å². The fraction of sp³-hybridized carbons (Fsp3) is 0.400. The van der Waals surface area contributed by atoms with E-state index in [0.717, 1.165) is 31.1 Å². The van der Waals surface area contributed by atoms with E-state index in [0.29, 0.717) is 30.5 Å². The molecule has 2 heterocycles. The summed E-state index contributed by atoms with van der Waals surface area (Å²) < 4.78 is 26.5. The number of halogens is 1. The van der Waals surface area contributed by atoms with E-state index >= 15 is 0 Å².